The van der Waals surface area contributed by atoms with Crippen LogP contribution in [-0.2, 0) is 11.2 Å². The predicted molar refractivity (Wildman–Crippen MR) is 115 cm³/mol. The Morgan fingerprint density at radius 1 is 0.893 bits per heavy atom. The van der Waals surface area contributed by atoms with Crippen molar-refractivity contribution >= 4 is 33.4 Å². The lowest BCUT2D eigenvalue weighted by molar-refractivity contribution is -0.118. The van der Waals surface area contributed by atoms with E-state index in [1.807, 2.05) is 73.7 Å². The lowest BCUT2D eigenvalue weighted by atomic mass is 10.0. The summed E-state index contributed by atoms with van der Waals surface area (Å²) in [6.45, 7) is 1.96. The number of benzene rings is 3. The Kier molecular flexibility index (Phi) is 6.61. The van der Waals surface area contributed by atoms with Crippen molar-refractivity contribution in [3.8, 4) is 0 Å². The Labute approximate surface area is 173 Å². The summed E-state index contributed by atoms with van der Waals surface area (Å²) in [5.41, 5.74) is 3.25. The van der Waals surface area contributed by atoms with Crippen LogP contribution >= 0.6 is 15.9 Å². The van der Waals surface area contributed by atoms with Gasteiger partial charge in [0.15, 0.2) is 0 Å². The molecule has 28 heavy (non-hydrogen) atoms. The number of halogens is 1. The third-order valence-corrected chi connectivity index (χ3v) is 4.86. The normalized spacial score (nSPS) is 11.5. The number of rotatable bonds is 6. The number of carbonyl (C=O) groups excluding carboxylic acids is 2. The number of carbonyl (C=O) groups is 2. The zero-order chi connectivity index (χ0) is 19.9. The number of hydrogen-bond acceptors (Lipinski definition) is 2. The van der Waals surface area contributed by atoms with Gasteiger partial charge >= 0.3 is 0 Å². The molecule has 2 N–H and O–H groups in total. The maximum Gasteiger partial charge on any atom is 0.251 e. The first kappa shape index (κ1) is 19.8. The van der Waals surface area contributed by atoms with E-state index in [4.69, 9.17) is 0 Å². The monoisotopic (exact) mass is 436 g/mol. The van der Waals surface area contributed by atoms with Crippen LogP contribution in [0.2, 0.25) is 0 Å². The van der Waals surface area contributed by atoms with Gasteiger partial charge in [0.1, 0.15) is 6.04 Å². The van der Waals surface area contributed by atoms with Gasteiger partial charge in [-0.05, 0) is 48.9 Å². The van der Waals surface area contributed by atoms with Crippen LogP contribution in [0.4, 0.5) is 5.69 Å². The first-order valence-electron chi connectivity index (χ1n) is 8.99. The molecular formula is C23H21BrN2O2. The molecule has 2 amide bonds. The molecule has 1 atom stereocenters. The van der Waals surface area contributed by atoms with Crippen molar-refractivity contribution in [3.05, 3.63) is 100 Å². The van der Waals surface area contributed by atoms with Gasteiger partial charge in [-0.2, -0.15) is 0 Å². The van der Waals surface area contributed by atoms with Crippen LogP contribution < -0.4 is 10.6 Å². The van der Waals surface area contributed by atoms with E-state index < -0.39 is 6.04 Å². The topological polar surface area (TPSA) is 58.2 Å². The SMILES string of the molecule is Cc1ccc(C(=O)NC(Cc2ccccc2)C(=O)Nc2ccc(Br)cc2)cc1. The lowest BCUT2D eigenvalue weighted by Gasteiger charge is -2.19. The van der Waals surface area contributed by atoms with E-state index in [1.165, 1.54) is 0 Å². The van der Waals surface area contributed by atoms with E-state index >= 15 is 0 Å². The Morgan fingerprint density at radius 2 is 1.54 bits per heavy atom. The third-order valence-electron chi connectivity index (χ3n) is 4.33. The molecule has 3 aromatic rings. The summed E-state index contributed by atoms with van der Waals surface area (Å²) in [5, 5.41) is 5.75. The molecule has 1 unspecified atom stereocenters. The van der Waals surface area contributed by atoms with Crippen molar-refractivity contribution in [2.75, 3.05) is 5.32 Å². The summed E-state index contributed by atoms with van der Waals surface area (Å²) in [5.74, 6) is -0.529. The minimum absolute atomic E-state index is 0.258. The van der Waals surface area contributed by atoms with E-state index in [0.717, 1.165) is 15.6 Å². The maximum absolute atomic E-state index is 12.9. The van der Waals surface area contributed by atoms with Crippen molar-refractivity contribution in [2.24, 2.45) is 0 Å². The van der Waals surface area contributed by atoms with E-state index in [2.05, 4.69) is 26.6 Å². The number of aryl methyl sites for hydroxylation is 1. The molecule has 0 heterocycles. The fourth-order valence-corrected chi connectivity index (χ4v) is 3.03. The molecule has 0 fully saturated rings. The van der Waals surface area contributed by atoms with Crippen LogP contribution in [0.3, 0.4) is 0 Å². The molecule has 0 bridgehead atoms. The molecule has 0 aromatic heterocycles. The zero-order valence-corrected chi connectivity index (χ0v) is 17.1. The summed E-state index contributed by atoms with van der Waals surface area (Å²) in [4.78, 5) is 25.5. The molecule has 0 radical (unpaired) electrons. The summed E-state index contributed by atoms with van der Waals surface area (Å²) < 4.78 is 0.930. The van der Waals surface area contributed by atoms with Crippen molar-refractivity contribution in [2.45, 2.75) is 19.4 Å². The Balaban J connectivity index is 1.77. The minimum atomic E-state index is -0.695. The van der Waals surface area contributed by atoms with Gasteiger partial charge in [0.2, 0.25) is 5.91 Å². The van der Waals surface area contributed by atoms with Crippen molar-refractivity contribution in [1.82, 2.24) is 5.32 Å². The predicted octanol–water partition coefficient (Wildman–Crippen LogP) is 4.74. The van der Waals surface area contributed by atoms with Gasteiger partial charge < -0.3 is 10.6 Å². The molecule has 3 aromatic carbocycles. The molecule has 0 spiro atoms. The first-order chi connectivity index (χ1) is 13.5. The number of amides is 2. The smallest absolute Gasteiger partial charge is 0.251 e. The standard InChI is InChI=1S/C23H21BrN2O2/c1-16-7-9-18(10-8-16)22(27)26-21(15-17-5-3-2-4-6-17)23(28)25-20-13-11-19(24)12-14-20/h2-14,21H,15H2,1H3,(H,25,28)(H,26,27). The van der Waals surface area contributed by atoms with Crippen molar-refractivity contribution < 1.29 is 9.59 Å². The largest absolute Gasteiger partial charge is 0.340 e. The molecule has 0 aliphatic carbocycles. The molecule has 0 aliphatic heterocycles. The fourth-order valence-electron chi connectivity index (χ4n) is 2.77. The van der Waals surface area contributed by atoms with Crippen LogP contribution in [0.15, 0.2) is 83.3 Å². The third kappa shape index (κ3) is 5.54. The van der Waals surface area contributed by atoms with Crippen molar-refractivity contribution in [3.63, 3.8) is 0 Å². The maximum atomic E-state index is 12.9. The molecule has 0 saturated heterocycles. The fraction of sp³-hybridized carbons (Fsp3) is 0.130. The first-order valence-corrected chi connectivity index (χ1v) is 9.78. The van der Waals surface area contributed by atoms with Crippen LogP contribution in [0, 0.1) is 6.92 Å². The second-order valence-electron chi connectivity index (χ2n) is 6.58. The molecule has 4 nitrogen and oxygen atoms in total. The van der Waals surface area contributed by atoms with Gasteiger partial charge in [-0.1, -0.05) is 64.0 Å². The number of hydrogen-bond donors (Lipinski definition) is 2. The van der Waals surface area contributed by atoms with Gasteiger partial charge in [0.25, 0.3) is 5.91 Å². The van der Waals surface area contributed by atoms with Crippen LogP contribution in [0.25, 0.3) is 0 Å². The summed E-state index contributed by atoms with van der Waals surface area (Å²) in [7, 11) is 0. The molecule has 5 heteroatoms. The van der Waals surface area contributed by atoms with Crippen LogP contribution in [-0.4, -0.2) is 17.9 Å². The van der Waals surface area contributed by atoms with Crippen LogP contribution in [0.1, 0.15) is 21.5 Å². The van der Waals surface area contributed by atoms with Crippen LogP contribution in [0.5, 0.6) is 0 Å². The summed E-state index contributed by atoms with van der Waals surface area (Å²) >= 11 is 3.38. The summed E-state index contributed by atoms with van der Waals surface area (Å²) in [6.07, 6.45) is 0.404. The number of nitrogens with one attached hydrogen (secondary N) is 2. The molecule has 0 aliphatic rings. The molecular weight excluding hydrogens is 416 g/mol. The quantitative estimate of drug-likeness (QED) is 0.586. The van der Waals surface area contributed by atoms with E-state index in [0.29, 0.717) is 17.7 Å². The Bertz CT molecular complexity index is 939. The second kappa shape index (κ2) is 9.33. The Hall–Kier alpha value is -2.92. The minimum Gasteiger partial charge on any atom is -0.340 e. The van der Waals surface area contributed by atoms with E-state index in [-0.39, 0.29) is 11.8 Å². The van der Waals surface area contributed by atoms with Gasteiger partial charge in [-0.3, -0.25) is 9.59 Å². The average molecular weight is 437 g/mol. The lowest BCUT2D eigenvalue weighted by Crippen LogP contribution is -2.45. The molecule has 0 saturated carbocycles. The molecule has 3 rings (SSSR count). The highest BCUT2D eigenvalue weighted by Gasteiger charge is 2.22. The average Bonchev–Trinajstić information content (AvgIpc) is 2.70. The number of anilines is 1. The Morgan fingerprint density at radius 3 is 2.18 bits per heavy atom. The van der Waals surface area contributed by atoms with Gasteiger partial charge in [-0.25, -0.2) is 0 Å². The van der Waals surface area contributed by atoms with E-state index in [1.54, 1.807) is 12.1 Å². The van der Waals surface area contributed by atoms with Gasteiger partial charge in [0, 0.05) is 22.1 Å². The summed E-state index contributed by atoms with van der Waals surface area (Å²) in [6, 6.07) is 23.6. The van der Waals surface area contributed by atoms with E-state index in [9.17, 15) is 9.59 Å². The van der Waals surface area contributed by atoms with Gasteiger partial charge in [0.05, 0.1) is 0 Å². The van der Waals surface area contributed by atoms with Crippen molar-refractivity contribution in [1.29, 1.82) is 0 Å². The zero-order valence-electron chi connectivity index (χ0n) is 15.5. The molecule has 142 valence electrons. The highest BCUT2D eigenvalue weighted by molar-refractivity contribution is 9.10. The van der Waals surface area contributed by atoms with Gasteiger partial charge in [-0.15, -0.1) is 0 Å². The highest BCUT2D eigenvalue weighted by Crippen LogP contribution is 2.15. The highest BCUT2D eigenvalue weighted by atomic mass is 79.9. The second-order valence-corrected chi connectivity index (χ2v) is 7.49.